The van der Waals surface area contributed by atoms with Gasteiger partial charge in [0.1, 0.15) is 16.5 Å². The monoisotopic (exact) mass is 487 g/mol. The van der Waals surface area contributed by atoms with Crippen molar-refractivity contribution in [2.24, 2.45) is 11.8 Å². The number of amides is 1. The number of hydrogen-bond donors (Lipinski definition) is 1. The van der Waals surface area contributed by atoms with Gasteiger partial charge in [-0.2, -0.15) is 4.31 Å². The topological polar surface area (TPSA) is 88.2 Å². The van der Waals surface area contributed by atoms with E-state index in [2.05, 4.69) is 10.2 Å². The van der Waals surface area contributed by atoms with Gasteiger partial charge in [0.05, 0.1) is 19.8 Å². The Labute approximate surface area is 193 Å². The molecule has 0 aliphatic carbocycles. The molecule has 1 aromatic carbocycles. The molecule has 3 saturated heterocycles. The van der Waals surface area contributed by atoms with Crippen molar-refractivity contribution in [2.45, 2.75) is 30.2 Å². The first kappa shape index (κ1) is 24.5. The summed E-state index contributed by atoms with van der Waals surface area (Å²) in [6, 6.07) is 2.56. The number of morpholine rings is 1. The predicted octanol–water partition coefficient (Wildman–Crippen LogP) is 1.22. The average molecular weight is 488 g/mol. The van der Waals surface area contributed by atoms with Crippen molar-refractivity contribution in [3.63, 3.8) is 0 Å². The third-order valence-corrected chi connectivity index (χ3v) is 8.76. The summed E-state index contributed by atoms with van der Waals surface area (Å²) in [5.41, 5.74) is 0. The van der Waals surface area contributed by atoms with Crippen LogP contribution in [0.25, 0.3) is 0 Å². The average Bonchev–Trinajstić information content (AvgIpc) is 3.36. The highest BCUT2D eigenvalue weighted by atomic mass is 32.2. The molecule has 184 valence electrons. The molecule has 0 radical (unpaired) electrons. The Hall–Kier alpha value is -1.66. The third kappa shape index (κ3) is 5.71. The Bertz CT molecular complexity index is 928. The van der Waals surface area contributed by atoms with Crippen LogP contribution >= 0.6 is 0 Å². The SMILES string of the molecule is O=C(NCC(C1CCOC1)N1CCOCC1)C1CCN(S(=O)(=O)c2cc(F)ccc2F)CC1. The van der Waals surface area contributed by atoms with E-state index in [4.69, 9.17) is 9.47 Å². The number of nitrogens with one attached hydrogen (secondary N) is 1. The number of carbonyl (C=O) groups is 1. The van der Waals surface area contributed by atoms with Crippen molar-refractivity contribution < 1.29 is 31.5 Å². The van der Waals surface area contributed by atoms with Gasteiger partial charge < -0.3 is 14.8 Å². The normalized spacial score (nSPS) is 24.6. The van der Waals surface area contributed by atoms with Crippen molar-refractivity contribution in [1.29, 1.82) is 0 Å². The van der Waals surface area contributed by atoms with Gasteiger partial charge in [-0.25, -0.2) is 17.2 Å². The van der Waals surface area contributed by atoms with Crippen LogP contribution in [0.4, 0.5) is 8.78 Å². The maximum absolute atomic E-state index is 14.0. The third-order valence-electron chi connectivity index (χ3n) is 6.84. The van der Waals surface area contributed by atoms with Crippen LogP contribution in [0.3, 0.4) is 0 Å². The van der Waals surface area contributed by atoms with Crippen LogP contribution in [0.1, 0.15) is 19.3 Å². The van der Waals surface area contributed by atoms with Crippen LogP contribution in [0, 0.1) is 23.5 Å². The van der Waals surface area contributed by atoms with Gasteiger partial charge in [0.25, 0.3) is 0 Å². The molecule has 11 heteroatoms. The molecule has 0 bridgehead atoms. The fraction of sp³-hybridized carbons (Fsp3) is 0.682. The first-order valence-electron chi connectivity index (χ1n) is 11.5. The second kappa shape index (κ2) is 10.7. The van der Waals surface area contributed by atoms with E-state index in [1.54, 1.807) is 0 Å². The molecule has 0 spiro atoms. The number of hydrogen-bond acceptors (Lipinski definition) is 6. The minimum absolute atomic E-state index is 0.0831. The van der Waals surface area contributed by atoms with Crippen molar-refractivity contribution in [3.05, 3.63) is 29.8 Å². The van der Waals surface area contributed by atoms with Crippen LogP contribution < -0.4 is 5.32 Å². The molecule has 0 aromatic heterocycles. The quantitative estimate of drug-likeness (QED) is 0.622. The molecule has 4 rings (SSSR count). The van der Waals surface area contributed by atoms with Gasteiger partial charge in [0.2, 0.25) is 15.9 Å². The van der Waals surface area contributed by atoms with E-state index >= 15 is 0 Å². The summed E-state index contributed by atoms with van der Waals surface area (Å²) in [6.07, 6.45) is 1.62. The van der Waals surface area contributed by atoms with E-state index in [-0.39, 0.29) is 31.0 Å². The molecule has 1 N–H and O–H groups in total. The molecule has 1 aromatic rings. The molecule has 33 heavy (non-hydrogen) atoms. The molecule has 2 atom stereocenters. The van der Waals surface area contributed by atoms with Gasteiger partial charge in [0, 0.05) is 57.2 Å². The molecule has 1 amide bonds. The van der Waals surface area contributed by atoms with E-state index in [1.807, 2.05) is 0 Å². The zero-order chi connectivity index (χ0) is 23.4. The van der Waals surface area contributed by atoms with Gasteiger partial charge in [0.15, 0.2) is 0 Å². The molecular weight excluding hydrogens is 456 g/mol. The highest BCUT2D eigenvalue weighted by molar-refractivity contribution is 7.89. The van der Waals surface area contributed by atoms with Crippen molar-refractivity contribution in [1.82, 2.24) is 14.5 Å². The molecule has 0 saturated carbocycles. The maximum atomic E-state index is 14.0. The maximum Gasteiger partial charge on any atom is 0.246 e. The van der Waals surface area contributed by atoms with E-state index < -0.39 is 26.6 Å². The largest absolute Gasteiger partial charge is 0.381 e. The minimum Gasteiger partial charge on any atom is -0.381 e. The van der Waals surface area contributed by atoms with Gasteiger partial charge >= 0.3 is 0 Å². The number of benzene rings is 1. The Balaban J connectivity index is 1.32. The zero-order valence-electron chi connectivity index (χ0n) is 18.5. The Morgan fingerprint density at radius 1 is 1.06 bits per heavy atom. The first-order valence-corrected chi connectivity index (χ1v) is 12.9. The van der Waals surface area contributed by atoms with Crippen molar-refractivity contribution in [3.8, 4) is 0 Å². The number of halogens is 2. The van der Waals surface area contributed by atoms with Crippen LogP contribution in [-0.4, -0.2) is 88.7 Å². The molecule has 2 unspecified atom stereocenters. The molecule has 3 aliphatic rings. The smallest absolute Gasteiger partial charge is 0.246 e. The van der Waals surface area contributed by atoms with Crippen molar-refractivity contribution >= 4 is 15.9 Å². The summed E-state index contributed by atoms with van der Waals surface area (Å²) in [5.74, 6) is -1.86. The molecule has 3 heterocycles. The fourth-order valence-corrected chi connectivity index (χ4v) is 6.43. The summed E-state index contributed by atoms with van der Waals surface area (Å²) in [4.78, 5) is 14.5. The molecule has 8 nitrogen and oxygen atoms in total. The molecule has 3 aliphatic heterocycles. The lowest BCUT2D eigenvalue weighted by atomic mass is 9.95. The van der Waals surface area contributed by atoms with E-state index in [1.165, 1.54) is 0 Å². The van der Waals surface area contributed by atoms with E-state index in [0.717, 1.165) is 42.6 Å². The number of ether oxygens (including phenoxy) is 2. The molecule has 3 fully saturated rings. The standard InChI is InChI=1S/C22H31F2N3O5S/c23-18-1-2-19(24)21(13-18)33(29,30)27-6-3-16(4-7-27)22(28)25-14-20(17-5-10-32-15-17)26-8-11-31-12-9-26/h1-2,13,16-17,20H,3-12,14-15H2,(H,25,28). The summed E-state index contributed by atoms with van der Waals surface area (Å²) < 4.78 is 65.2. The Kier molecular flexibility index (Phi) is 7.95. The fourth-order valence-electron chi connectivity index (χ4n) is 4.88. The lowest BCUT2D eigenvalue weighted by Gasteiger charge is -2.38. The van der Waals surface area contributed by atoms with Gasteiger partial charge in [-0.05, 0) is 37.5 Å². The summed E-state index contributed by atoms with van der Waals surface area (Å²) in [7, 11) is -4.16. The lowest BCUT2D eigenvalue weighted by molar-refractivity contribution is -0.126. The Morgan fingerprint density at radius 2 is 1.79 bits per heavy atom. The number of carbonyl (C=O) groups excluding carboxylic acids is 1. The predicted molar refractivity (Wildman–Crippen MR) is 116 cm³/mol. The van der Waals surface area contributed by atoms with Crippen LogP contribution in [0.5, 0.6) is 0 Å². The highest BCUT2D eigenvalue weighted by Gasteiger charge is 2.35. The van der Waals surface area contributed by atoms with Gasteiger partial charge in [-0.1, -0.05) is 0 Å². The van der Waals surface area contributed by atoms with Gasteiger partial charge in [-0.3, -0.25) is 9.69 Å². The van der Waals surface area contributed by atoms with Crippen LogP contribution in [0.15, 0.2) is 23.1 Å². The minimum atomic E-state index is -4.16. The van der Waals surface area contributed by atoms with Crippen molar-refractivity contribution in [2.75, 3.05) is 59.2 Å². The van der Waals surface area contributed by atoms with E-state index in [9.17, 15) is 22.0 Å². The molecular formula is C22H31F2N3O5S. The Morgan fingerprint density at radius 3 is 2.45 bits per heavy atom. The second-order valence-corrected chi connectivity index (χ2v) is 10.7. The van der Waals surface area contributed by atoms with Crippen LogP contribution in [0.2, 0.25) is 0 Å². The first-order chi connectivity index (χ1) is 15.9. The number of piperidine rings is 1. The van der Waals surface area contributed by atoms with Crippen LogP contribution in [-0.2, 0) is 24.3 Å². The number of nitrogens with zero attached hydrogens (tertiary/aromatic N) is 2. The number of rotatable bonds is 7. The lowest BCUT2D eigenvalue weighted by Crippen LogP contribution is -2.53. The zero-order valence-corrected chi connectivity index (χ0v) is 19.4. The summed E-state index contributed by atoms with van der Waals surface area (Å²) in [5, 5.41) is 3.07. The van der Waals surface area contributed by atoms with Gasteiger partial charge in [-0.15, -0.1) is 0 Å². The van der Waals surface area contributed by atoms with E-state index in [0.29, 0.717) is 51.2 Å². The summed E-state index contributed by atoms with van der Waals surface area (Å²) in [6.45, 7) is 5.10. The highest BCUT2D eigenvalue weighted by Crippen LogP contribution is 2.27. The summed E-state index contributed by atoms with van der Waals surface area (Å²) >= 11 is 0. The number of sulfonamides is 1. The second-order valence-electron chi connectivity index (χ2n) is 8.84.